The van der Waals surface area contributed by atoms with E-state index in [1.54, 1.807) is 31.2 Å². The van der Waals surface area contributed by atoms with Crippen molar-refractivity contribution in [2.75, 3.05) is 39.4 Å². The normalized spacial score (nSPS) is 15.0. The Morgan fingerprint density at radius 3 is 2.63 bits per heavy atom. The molecule has 0 unspecified atom stereocenters. The number of nitrogens with one attached hydrogen (secondary N) is 2. The number of hydrogen-bond acceptors (Lipinski definition) is 4. The van der Waals surface area contributed by atoms with Gasteiger partial charge in [0.2, 0.25) is 0 Å². The van der Waals surface area contributed by atoms with Crippen LogP contribution in [0.5, 0.6) is 0 Å². The van der Waals surface area contributed by atoms with Gasteiger partial charge in [0.05, 0.1) is 24.7 Å². The maximum absolute atomic E-state index is 12.7. The molecular weight excluding hydrogens is 402 g/mol. The van der Waals surface area contributed by atoms with Gasteiger partial charge in [0, 0.05) is 18.5 Å². The first-order valence-corrected chi connectivity index (χ1v) is 11.6. The molecule has 8 heteroatoms. The number of amides is 1. The van der Waals surface area contributed by atoms with E-state index < -0.39 is 10.0 Å². The number of nitrogens with zero attached hydrogens (tertiary/aromatic N) is 1. The first-order valence-electron chi connectivity index (χ1n) is 10.2. The third-order valence-electron chi connectivity index (χ3n) is 5.17. The van der Waals surface area contributed by atoms with E-state index in [4.69, 9.17) is 4.74 Å². The molecule has 1 aliphatic heterocycles. The maximum atomic E-state index is 12.7. The third kappa shape index (κ3) is 6.04. The third-order valence-corrected chi connectivity index (χ3v) is 6.47. The Kier molecular flexibility index (Phi) is 7.47. The summed E-state index contributed by atoms with van der Waals surface area (Å²) in [5, 5.41) is 2.91. The highest BCUT2D eigenvalue weighted by molar-refractivity contribution is 7.94. The first kappa shape index (κ1) is 22.3. The lowest BCUT2D eigenvalue weighted by atomic mass is 10.1. The van der Waals surface area contributed by atoms with Crippen molar-refractivity contribution in [3.05, 3.63) is 63.9 Å². The number of carbonyl (C=O) groups is 1. The summed E-state index contributed by atoms with van der Waals surface area (Å²) < 4.78 is 34.7. The predicted octanol–water partition coefficient (Wildman–Crippen LogP) is 1.73. The van der Waals surface area contributed by atoms with Gasteiger partial charge in [-0.15, -0.1) is 5.69 Å². The average molecular weight is 432 g/mol. The first-order chi connectivity index (χ1) is 14.3. The Balaban J connectivity index is 1.62. The quantitative estimate of drug-likeness (QED) is 0.623. The predicted molar refractivity (Wildman–Crippen MR) is 116 cm³/mol. The Bertz CT molecular complexity index is 986. The van der Waals surface area contributed by atoms with Crippen LogP contribution in [0.1, 0.15) is 27.9 Å². The van der Waals surface area contributed by atoms with Crippen LogP contribution in [0.4, 0.5) is 5.69 Å². The zero-order valence-corrected chi connectivity index (χ0v) is 18.3. The van der Waals surface area contributed by atoms with Crippen LogP contribution >= 0.6 is 0 Å². The van der Waals surface area contributed by atoms with Crippen LogP contribution in [-0.2, 0) is 14.8 Å². The molecular formula is C22H29N3O4S. The van der Waals surface area contributed by atoms with E-state index in [-0.39, 0.29) is 10.8 Å². The van der Waals surface area contributed by atoms with E-state index in [2.05, 4.69) is 10.0 Å². The second kappa shape index (κ2) is 10.1. The Morgan fingerprint density at radius 1 is 1.13 bits per heavy atom. The number of rotatable bonds is 8. The largest absolute Gasteiger partial charge is 0.573 e. The number of ether oxygens (including phenoxy) is 1. The van der Waals surface area contributed by atoms with Crippen molar-refractivity contribution >= 4 is 21.6 Å². The lowest BCUT2D eigenvalue weighted by molar-refractivity contribution is -0.908. The van der Waals surface area contributed by atoms with Gasteiger partial charge in [-0.25, -0.2) is 8.42 Å². The van der Waals surface area contributed by atoms with Gasteiger partial charge in [-0.05, 0) is 31.5 Å². The SMILES string of the molecule is Cc1cccc([N-]S(=O)(=O)c2ccc(C)c(C(=O)NCCC[NH+]3CCOCC3)c2)c1. The Morgan fingerprint density at radius 2 is 1.90 bits per heavy atom. The van der Waals surface area contributed by atoms with Gasteiger partial charge < -0.3 is 19.7 Å². The number of aryl methyl sites for hydroxylation is 2. The minimum atomic E-state index is -3.91. The molecule has 3 rings (SSSR count). The van der Waals surface area contributed by atoms with E-state index in [1.807, 2.05) is 13.0 Å². The van der Waals surface area contributed by atoms with Crippen LogP contribution in [0.2, 0.25) is 0 Å². The molecule has 1 aliphatic rings. The lowest BCUT2D eigenvalue weighted by Gasteiger charge is -2.23. The van der Waals surface area contributed by atoms with Gasteiger partial charge in [0.1, 0.15) is 23.1 Å². The zero-order chi connectivity index (χ0) is 21.6. The molecule has 2 N–H and O–H groups in total. The molecule has 0 radical (unpaired) electrons. The fourth-order valence-electron chi connectivity index (χ4n) is 3.43. The second-order valence-corrected chi connectivity index (χ2v) is 9.21. The van der Waals surface area contributed by atoms with E-state index in [1.165, 1.54) is 17.0 Å². The van der Waals surface area contributed by atoms with Crippen molar-refractivity contribution in [3.8, 4) is 0 Å². The number of hydrogen-bond donors (Lipinski definition) is 2. The molecule has 0 aromatic heterocycles. The van der Waals surface area contributed by atoms with Gasteiger partial charge in [0.25, 0.3) is 5.91 Å². The maximum Gasteiger partial charge on any atom is 0.251 e. The summed E-state index contributed by atoms with van der Waals surface area (Å²) in [6.07, 6.45) is 0.862. The number of carbonyl (C=O) groups excluding carboxylic acids is 1. The minimum absolute atomic E-state index is 0.0116. The molecule has 0 aliphatic carbocycles. The average Bonchev–Trinajstić information content (AvgIpc) is 2.71. The summed E-state index contributed by atoms with van der Waals surface area (Å²) in [5.41, 5.74) is 2.37. The van der Waals surface area contributed by atoms with Gasteiger partial charge in [-0.1, -0.05) is 35.9 Å². The lowest BCUT2D eigenvalue weighted by Crippen LogP contribution is -3.14. The molecule has 7 nitrogen and oxygen atoms in total. The van der Waals surface area contributed by atoms with Crippen LogP contribution in [-0.4, -0.2) is 53.7 Å². The molecule has 1 fully saturated rings. The van der Waals surface area contributed by atoms with Gasteiger partial charge in [0.15, 0.2) is 0 Å². The minimum Gasteiger partial charge on any atom is -0.573 e. The second-order valence-electron chi connectivity index (χ2n) is 7.60. The van der Waals surface area contributed by atoms with E-state index in [0.29, 0.717) is 17.8 Å². The molecule has 0 atom stereocenters. The summed E-state index contributed by atoms with van der Waals surface area (Å²) in [5.74, 6) is -0.267. The molecule has 0 saturated carbocycles. The molecule has 0 spiro atoms. The van der Waals surface area contributed by atoms with Crippen LogP contribution in [0, 0.1) is 13.8 Å². The summed E-state index contributed by atoms with van der Waals surface area (Å²) in [4.78, 5) is 14.1. The Labute approximate surface area is 178 Å². The van der Waals surface area contributed by atoms with Gasteiger partial charge in [-0.3, -0.25) is 4.79 Å². The smallest absolute Gasteiger partial charge is 0.251 e. The number of benzene rings is 2. The number of quaternary nitrogens is 1. The molecule has 0 bridgehead atoms. The highest BCUT2D eigenvalue weighted by Crippen LogP contribution is 2.29. The molecule has 30 heavy (non-hydrogen) atoms. The van der Waals surface area contributed by atoms with Crippen molar-refractivity contribution in [1.82, 2.24) is 5.32 Å². The van der Waals surface area contributed by atoms with Crippen LogP contribution < -0.4 is 10.2 Å². The Hall–Kier alpha value is -2.42. The number of sulfonamides is 1. The summed E-state index contributed by atoms with van der Waals surface area (Å²) in [6, 6.07) is 11.5. The standard InChI is InChI=1S/C22H28N3O4S/c1-17-5-3-6-19(15-17)24-30(27,28)20-8-7-18(2)21(16-20)22(26)23-9-4-10-25-11-13-29-14-12-25/h3,5-8,15-16H,4,9-14H2,1-2H3,(H,23,26)/q-1/p+1. The fourth-order valence-corrected chi connectivity index (χ4v) is 4.43. The monoisotopic (exact) mass is 431 g/mol. The van der Waals surface area contributed by atoms with Crippen LogP contribution in [0.25, 0.3) is 4.72 Å². The topological polar surface area (TPSA) is 91.0 Å². The molecule has 2 aromatic rings. The summed E-state index contributed by atoms with van der Waals surface area (Å²) in [6.45, 7) is 8.77. The van der Waals surface area contributed by atoms with Crippen molar-refractivity contribution in [3.63, 3.8) is 0 Å². The van der Waals surface area contributed by atoms with E-state index in [9.17, 15) is 13.2 Å². The van der Waals surface area contributed by atoms with Crippen molar-refractivity contribution in [1.29, 1.82) is 0 Å². The highest BCUT2D eigenvalue weighted by atomic mass is 32.2. The highest BCUT2D eigenvalue weighted by Gasteiger charge is 2.15. The molecule has 2 aromatic carbocycles. The molecule has 1 heterocycles. The van der Waals surface area contributed by atoms with Crippen LogP contribution in [0.3, 0.4) is 0 Å². The summed E-state index contributed by atoms with van der Waals surface area (Å²) in [7, 11) is -3.91. The van der Waals surface area contributed by atoms with Crippen molar-refractivity contribution in [2.45, 2.75) is 25.2 Å². The van der Waals surface area contributed by atoms with E-state index >= 15 is 0 Å². The molecule has 162 valence electrons. The van der Waals surface area contributed by atoms with Crippen molar-refractivity contribution in [2.24, 2.45) is 0 Å². The fraction of sp³-hybridized carbons (Fsp3) is 0.409. The van der Waals surface area contributed by atoms with Crippen molar-refractivity contribution < 1.29 is 22.8 Å². The zero-order valence-electron chi connectivity index (χ0n) is 17.5. The molecule has 1 saturated heterocycles. The van der Waals surface area contributed by atoms with Crippen LogP contribution in [0.15, 0.2) is 47.4 Å². The van der Waals surface area contributed by atoms with Gasteiger partial charge >= 0.3 is 0 Å². The molecule has 1 amide bonds. The number of morpholine rings is 1. The van der Waals surface area contributed by atoms with E-state index in [0.717, 1.165) is 50.4 Å². The van der Waals surface area contributed by atoms with Gasteiger partial charge in [-0.2, -0.15) is 0 Å². The summed E-state index contributed by atoms with van der Waals surface area (Å²) >= 11 is 0.